The first-order valence-electron chi connectivity index (χ1n) is 4.24. The molecule has 0 aliphatic heterocycles. The fraction of sp³-hybridized carbons (Fsp3) is 0.222. The van der Waals surface area contributed by atoms with E-state index in [4.69, 9.17) is 28.4 Å². The predicted octanol–water partition coefficient (Wildman–Crippen LogP) is 1.66. The highest BCUT2D eigenvalue weighted by Gasteiger charge is 2.21. The molecule has 16 heavy (non-hydrogen) atoms. The minimum Gasteiger partial charge on any atom is -0.289 e. The molecule has 4 nitrogen and oxygen atoms in total. The molecule has 1 aromatic rings. The van der Waals surface area contributed by atoms with Crippen LogP contribution in [0.15, 0.2) is 24.3 Å². The molecule has 0 aliphatic carbocycles. The second-order valence-electron chi connectivity index (χ2n) is 2.94. The molecule has 0 aromatic heterocycles. The van der Waals surface area contributed by atoms with Crippen molar-refractivity contribution in [3.05, 3.63) is 34.9 Å². The number of carbonyl (C=O) groups excluding carboxylic acids is 1. The van der Waals surface area contributed by atoms with Crippen LogP contribution < -0.4 is 5.48 Å². The zero-order chi connectivity index (χ0) is 12.1. The van der Waals surface area contributed by atoms with Gasteiger partial charge in [-0.15, -0.1) is 0 Å². The normalized spacial score (nSPS) is 14.2. The van der Waals surface area contributed by atoms with Crippen molar-refractivity contribution in [2.45, 2.75) is 10.5 Å². The molecule has 1 amide bonds. The van der Waals surface area contributed by atoms with Gasteiger partial charge in [0.1, 0.15) is 0 Å². The molecule has 0 heterocycles. The summed E-state index contributed by atoms with van der Waals surface area (Å²) in [6.07, 6.45) is 0. The molecule has 88 valence electrons. The molecule has 1 aromatic carbocycles. The summed E-state index contributed by atoms with van der Waals surface area (Å²) in [5.41, 5.74) is 2.10. The molecule has 0 saturated heterocycles. The standard InChI is InChI=1S/C9H9Cl2NO3S/c10-7-3-1-6(2-4-7)5-16(15)8(11)9(13)12-14/h1-4,8,14H,5H2,(H,12,13). The van der Waals surface area contributed by atoms with E-state index in [1.165, 1.54) is 5.48 Å². The summed E-state index contributed by atoms with van der Waals surface area (Å²) in [5, 5.41) is 8.89. The smallest absolute Gasteiger partial charge is 0.274 e. The lowest BCUT2D eigenvalue weighted by Crippen LogP contribution is -2.31. The highest BCUT2D eigenvalue weighted by Crippen LogP contribution is 2.14. The molecule has 0 bridgehead atoms. The van der Waals surface area contributed by atoms with Crippen LogP contribution in [0, 0.1) is 0 Å². The Morgan fingerprint density at radius 1 is 1.44 bits per heavy atom. The molecular weight excluding hydrogens is 273 g/mol. The summed E-state index contributed by atoms with van der Waals surface area (Å²) >= 11 is 11.2. The van der Waals surface area contributed by atoms with Crippen LogP contribution in [0.5, 0.6) is 0 Å². The molecular formula is C9H9Cl2NO3S. The molecule has 0 spiro atoms. The third-order valence-corrected chi connectivity index (χ3v) is 4.11. The average Bonchev–Trinajstić information content (AvgIpc) is 2.30. The fourth-order valence-corrected chi connectivity index (χ4v) is 2.31. The van der Waals surface area contributed by atoms with Gasteiger partial charge in [-0.25, -0.2) is 5.48 Å². The molecule has 0 saturated carbocycles. The van der Waals surface area contributed by atoms with Gasteiger partial charge < -0.3 is 0 Å². The zero-order valence-corrected chi connectivity index (χ0v) is 10.4. The van der Waals surface area contributed by atoms with E-state index in [0.29, 0.717) is 5.02 Å². The maximum atomic E-state index is 11.6. The Labute approximate surface area is 105 Å². The van der Waals surface area contributed by atoms with E-state index < -0.39 is 21.4 Å². The maximum Gasteiger partial charge on any atom is 0.274 e. The van der Waals surface area contributed by atoms with Crippen molar-refractivity contribution in [1.82, 2.24) is 5.48 Å². The third-order valence-electron chi connectivity index (χ3n) is 1.77. The Morgan fingerprint density at radius 2 is 2.00 bits per heavy atom. The van der Waals surface area contributed by atoms with E-state index in [1.54, 1.807) is 24.3 Å². The number of benzene rings is 1. The van der Waals surface area contributed by atoms with Gasteiger partial charge in [-0.05, 0) is 17.7 Å². The molecule has 7 heteroatoms. The highest BCUT2D eigenvalue weighted by molar-refractivity contribution is 7.87. The molecule has 2 atom stereocenters. The van der Waals surface area contributed by atoms with Crippen LogP contribution in [0.25, 0.3) is 0 Å². The number of amides is 1. The monoisotopic (exact) mass is 281 g/mol. The first kappa shape index (κ1) is 13.4. The van der Waals surface area contributed by atoms with Crippen LogP contribution in [-0.4, -0.2) is 20.0 Å². The largest absolute Gasteiger partial charge is 0.289 e. The van der Waals surface area contributed by atoms with Gasteiger partial charge in [0.05, 0.1) is 16.6 Å². The minimum absolute atomic E-state index is 0.124. The van der Waals surface area contributed by atoms with Gasteiger partial charge in [-0.3, -0.25) is 14.2 Å². The predicted molar refractivity (Wildman–Crippen MR) is 62.9 cm³/mol. The van der Waals surface area contributed by atoms with Crippen molar-refractivity contribution >= 4 is 39.9 Å². The Bertz CT molecular complexity index is 396. The Balaban J connectivity index is 2.64. The van der Waals surface area contributed by atoms with E-state index in [2.05, 4.69) is 0 Å². The van der Waals surface area contributed by atoms with Gasteiger partial charge in [0, 0.05) is 5.02 Å². The van der Waals surface area contributed by atoms with Gasteiger partial charge in [0.2, 0.25) is 0 Å². The summed E-state index contributed by atoms with van der Waals surface area (Å²) in [6, 6.07) is 6.70. The molecule has 0 radical (unpaired) electrons. The minimum atomic E-state index is -1.60. The van der Waals surface area contributed by atoms with E-state index in [9.17, 15) is 9.00 Å². The lowest BCUT2D eigenvalue weighted by atomic mass is 10.2. The average molecular weight is 282 g/mol. The topological polar surface area (TPSA) is 66.4 Å². The summed E-state index contributed by atoms with van der Waals surface area (Å²) in [6.45, 7) is 0. The summed E-state index contributed by atoms with van der Waals surface area (Å²) in [7, 11) is -1.60. The van der Waals surface area contributed by atoms with Crippen molar-refractivity contribution in [2.75, 3.05) is 0 Å². The van der Waals surface area contributed by atoms with Crippen LogP contribution in [0.1, 0.15) is 5.56 Å². The number of nitrogens with one attached hydrogen (secondary N) is 1. The number of halogens is 2. The molecule has 1 rings (SSSR count). The van der Waals surface area contributed by atoms with Crippen molar-refractivity contribution < 1.29 is 14.2 Å². The lowest BCUT2D eigenvalue weighted by molar-refractivity contribution is -0.127. The Kier molecular flexibility index (Phi) is 5.21. The van der Waals surface area contributed by atoms with Crippen molar-refractivity contribution in [2.24, 2.45) is 0 Å². The first-order chi connectivity index (χ1) is 7.54. The quantitative estimate of drug-likeness (QED) is 0.501. The SMILES string of the molecule is O=C(NO)C(Cl)S(=O)Cc1ccc(Cl)cc1. The van der Waals surface area contributed by atoms with Crippen molar-refractivity contribution in [3.63, 3.8) is 0 Å². The van der Waals surface area contributed by atoms with Gasteiger partial charge in [-0.1, -0.05) is 35.3 Å². The number of hydrogen-bond acceptors (Lipinski definition) is 3. The Hall–Kier alpha value is -0.620. The van der Waals surface area contributed by atoms with Gasteiger partial charge in [0.15, 0.2) is 4.71 Å². The van der Waals surface area contributed by atoms with Gasteiger partial charge >= 0.3 is 0 Å². The summed E-state index contributed by atoms with van der Waals surface area (Å²) < 4.78 is 10.3. The maximum absolute atomic E-state index is 11.6. The highest BCUT2D eigenvalue weighted by atomic mass is 35.5. The summed E-state index contributed by atoms with van der Waals surface area (Å²) in [4.78, 5) is 10.9. The van der Waals surface area contributed by atoms with Crippen LogP contribution in [0.3, 0.4) is 0 Å². The number of alkyl halides is 1. The number of hydrogen-bond donors (Lipinski definition) is 2. The van der Waals surface area contributed by atoms with Crippen molar-refractivity contribution in [1.29, 1.82) is 0 Å². The summed E-state index contributed by atoms with van der Waals surface area (Å²) in [5.74, 6) is -0.757. The molecule has 2 N–H and O–H groups in total. The second-order valence-corrected chi connectivity index (χ2v) is 5.60. The van der Waals surface area contributed by atoms with E-state index in [0.717, 1.165) is 5.56 Å². The molecule has 0 aliphatic rings. The number of rotatable bonds is 4. The van der Waals surface area contributed by atoms with Crippen LogP contribution in [-0.2, 0) is 21.3 Å². The molecule has 0 fully saturated rings. The third kappa shape index (κ3) is 3.75. The van der Waals surface area contributed by atoms with Gasteiger partial charge in [0.25, 0.3) is 5.91 Å². The first-order valence-corrected chi connectivity index (χ1v) is 6.44. The number of hydroxylamine groups is 1. The second kappa shape index (κ2) is 6.20. The van der Waals surface area contributed by atoms with E-state index in [-0.39, 0.29) is 5.75 Å². The van der Waals surface area contributed by atoms with Crippen molar-refractivity contribution in [3.8, 4) is 0 Å². The van der Waals surface area contributed by atoms with E-state index in [1.807, 2.05) is 0 Å². The lowest BCUT2D eigenvalue weighted by Gasteiger charge is -2.07. The molecule has 2 unspecified atom stereocenters. The van der Waals surface area contributed by atoms with Crippen LogP contribution >= 0.6 is 23.2 Å². The Morgan fingerprint density at radius 3 is 2.50 bits per heavy atom. The van der Waals surface area contributed by atoms with Crippen LogP contribution in [0.4, 0.5) is 0 Å². The van der Waals surface area contributed by atoms with Crippen LogP contribution in [0.2, 0.25) is 5.02 Å². The van der Waals surface area contributed by atoms with Gasteiger partial charge in [-0.2, -0.15) is 0 Å². The zero-order valence-electron chi connectivity index (χ0n) is 8.02. The van der Waals surface area contributed by atoms with E-state index >= 15 is 0 Å². The fourth-order valence-electron chi connectivity index (χ4n) is 0.988. The number of carbonyl (C=O) groups is 1.